The minimum absolute atomic E-state index is 0.00837. The summed E-state index contributed by atoms with van der Waals surface area (Å²) in [6.45, 7) is 2.62. The second-order valence-corrected chi connectivity index (χ2v) is 6.62. The van der Waals surface area contributed by atoms with Gasteiger partial charge in [0.1, 0.15) is 11.9 Å². The molecule has 1 atom stereocenters. The van der Waals surface area contributed by atoms with E-state index in [2.05, 4.69) is 5.32 Å². The van der Waals surface area contributed by atoms with Gasteiger partial charge in [0, 0.05) is 18.8 Å². The summed E-state index contributed by atoms with van der Waals surface area (Å²) in [4.78, 5) is 28.4. The number of anilines is 1. The van der Waals surface area contributed by atoms with Gasteiger partial charge in [0.05, 0.1) is 6.42 Å². The van der Waals surface area contributed by atoms with Gasteiger partial charge in [-0.2, -0.15) is 0 Å². The second kappa shape index (κ2) is 8.26. The second-order valence-electron chi connectivity index (χ2n) is 6.25. The molecular formula is C20H20FN3O2S. The van der Waals surface area contributed by atoms with Crippen LogP contribution in [0, 0.1) is 5.82 Å². The molecule has 2 aromatic carbocycles. The number of nitrogens with one attached hydrogen (secondary N) is 1. The third-order valence-electron chi connectivity index (χ3n) is 4.42. The zero-order valence-corrected chi connectivity index (χ0v) is 15.7. The molecule has 1 heterocycles. The van der Waals surface area contributed by atoms with E-state index in [9.17, 15) is 14.0 Å². The molecule has 1 unspecified atom stereocenters. The number of thiocarbonyl (C=S) groups is 1. The SMILES string of the molecule is CCN1C(=O)C(CC(=O)Nc2ccccc2)N(Cc2ccc(F)cc2)C1=S. The number of likely N-dealkylation sites (N-methyl/N-ethyl adjacent to an activating group) is 1. The summed E-state index contributed by atoms with van der Waals surface area (Å²) >= 11 is 5.45. The summed E-state index contributed by atoms with van der Waals surface area (Å²) in [5, 5.41) is 3.19. The molecule has 2 aromatic rings. The van der Waals surface area contributed by atoms with Gasteiger partial charge in [-0.25, -0.2) is 4.39 Å². The summed E-state index contributed by atoms with van der Waals surface area (Å²) in [6, 6.07) is 14.4. The van der Waals surface area contributed by atoms with Gasteiger partial charge in [0.15, 0.2) is 5.11 Å². The Kier molecular flexibility index (Phi) is 5.81. The first-order chi connectivity index (χ1) is 13.0. The van der Waals surface area contributed by atoms with Crippen molar-refractivity contribution in [2.24, 2.45) is 0 Å². The van der Waals surface area contributed by atoms with E-state index in [4.69, 9.17) is 12.2 Å². The Morgan fingerprint density at radius 1 is 1.15 bits per heavy atom. The maximum absolute atomic E-state index is 13.2. The van der Waals surface area contributed by atoms with Crippen LogP contribution in [-0.2, 0) is 16.1 Å². The van der Waals surface area contributed by atoms with Gasteiger partial charge >= 0.3 is 0 Å². The molecule has 5 nitrogen and oxygen atoms in total. The van der Waals surface area contributed by atoms with E-state index in [-0.39, 0.29) is 24.1 Å². The highest BCUT2D eigenvalue weighted by Crippen LogP contribution is 2.24. The predicted octanol–water partition coefficient (Wildman–Crippen LogP) is 3.17. The summed E-state index contributed by atoms with van der Waals surface area (Å²) in [7, 11) is 0. The molecular weight excluding hydrogens is 365 g/mol. The summed E-state index contributed by atoms with van der Waals surface area (Å²) in [5.41, 5.74) is 1.49. The van der Waals surface area contributed by atoms with Crippen LogP contribution in [0.25, 0.3) is 0 Å². The van der Waals surface area contributed by atoms with Crippen molar-refractivity contribution < 1.29 is 14.0 Å². The Balaban J connectivity index is 1.76. The van der Waals surface area contributed by atoms with Crippen LogP contribution in [0.2, 0.25) is 0 Å². The number of benzene rings is 2. The molecule has 3 rings (SSSR count). The number of halogens is 1. The molecule has 0 spiro atoms. The fourth-order valence-electron chi connectivity index (χ4n) is 3.06. The molecule has 1 N–H and O–H groups in total. The number of rotatable bonds is 6. The average molecular weight is 385 g/mol. The first kappa shape index (κ1) is 19.0. The minimum Gasteiger partial charge on any atom is -0.332 e. The fraction of sp³-hybridized carbons (Fsp3) is 0.250. The van der Waals surface area contributed by atoms with Crippen molar-refractivity contribution >= 4 is 34.8 Å². The smallest absolute Gasteiger partial charge is 0.252 e. The van der Waals surface area contributed by atoms with Crippen LogP contribution in [-0.4, -0.2) is 39.3 Å². The Bertz CT molecular complexity index is 842. The van der Waals surface area contributed by atoms with E-state index >= 15 is 0 Å². The van der Waals surface area contributed by atoms with Crippen LogP contribution < -0.4 is 5.32 Å². The lowest BCUT2D eigenvalue weighted by atomic mass is 10.1. The lowest BCUT2D eigenvalue weighted by Gasteiger charge is -2.23. The maximum Gasteiger partial charge on any atom is 0.252 e. The highest BCUT2D eigenvalue weighted by Gasteiger charge is 2.42. The third-order valence-corrected chi connectivity index (χ3v) is 4.88. The average Bonchev–Trinajstić information content (AvgIpc) is 2.87. The van der Waals surface area contributed by atoms with Crippen LogP contribution in [0.5, 0.6) is 0 Å². The molecule has 1 aliphatic rings. The van der Waals surface area contributed by atoms with Crippen molar-refractivity contribution in [2.45, 2.75) is 25.9 Å². The van der Waals surface area contributed by atoms with Crippen LogP contribution in [0.1, 0.15) is 18.9 Å². The molecule has 7 heteroatoms. The molecule has 1 saturated heterocycles. The molecule has 0 aliphatic carbocycles. The van der Waals surface area contributed by atoms with Crippen molar-refractivity contribution in [1.29, 1.82) is 0 Å². The van der Waals surface area contributed by atoms with Gasteiger partial charge in [-0.3, -0.25) is 14.5 Å². The molecule has 0 aromatic heterocycles. The normalized spacial score (nSPS) is 16.7. The molecule has 0 radical (unpaired) electrons. The molecule has 27 heavy (non-hydrogen) atoms. The molecule has 1 aliphatic heterocycles. The van der Waals surface area contributed by atoms with E-state index in [0.717, 1.165) is 5.56 Å². The first-order valence-electron chi connectivity index (χ1n) is 8.71. The number of hydrogen-bond donors (Lipinski definition) is 1. The Labute approximate surface area is 162 Å². The maximum atomic E-state index is 13.2. The number of carbonyl (C=O) groups is 2. The van der Waals surface area contributed by atoms with Gasteiger partial charge in [0.25, 0.3) is 5.91 Å². The predicted molar refractivity (Wildman–Crippen MR) is 105 cm³/mol. The Hall–Kier alpha value is -2.80. The van der Waals surface area contributed by atoms with E-state index in [1.807, 2.05) is 25.1 Å². The van der Waals surface area contributed by atoms with E-state index in [1.165, 1.54) is 17.0 Å². The van der Waals surface area contributed by atoms with Crippen molar-refractivity contribution in [1.82, 2.24) is 9.80 Å². The molecule has 1 fully saturated rings. The van der Waals surface area contributed by atoms with Crippen LogP contribution >= 0.6 is 12.2 Å². The summed E-state index contributed by atoms with van der Waals surface area (Å²) in [5.74, 6) is -0.773. The van der Waals surface area contributed by atoms with Crippen molar-refractivity contribution in [3.8, 4) is 0 Å². The largest absolute Gasteiger partial charge is 0.332 e. The van der Waals surface area contributed by atoms with Gasteiger partial charge < -0.3 is 10.2 Å². The summed E-state index contributed by atoms with van der Waals surface area (Å²) < 4.78 is 13.2. The van der Waals surface area contributed by atoms with Crippen LogP contribution in [0.15, 0.2) is 54.6 Å². The molecule has 0 saturated carbocycles. The quantitative estimate of drug-likeness (QED) is 0.776. The minimum atomic E-state index is -0.675. The van der Waals surface area contributed by atoms with Gasteiger partial charge in [-0.05, 0) is 49.0 Å². The number of nitrogens with zero attached hydrogens (tertiary/aromatic N) is 2. The van der Waals surface area contributed by atoms with Crippen molar-refractivity contribution in [3.63, 3.8) is 0 Å². The highest BCUT2D eigenvalue weighted by atomic mass is 32.1. The number of amides is 2. The van der Waals surface area contributed by atoms with E-state index < -0.39 is 6.04 Å². The number of para-hydroxylation sites is 1. The first-order valence-corrected chi connectivity index (χ1v) is 9.11. The topological polar surface area (TPSA) is 52.7 Å². The number of carbonyl (C=O) groups excluding carboxylic acids is 2. The van der Waals surface area contributed by atoms with Crippen LogP contribution in [0.4, 0.5) is 10.1 Å². The highest BCUT2D eigenvalue weighted by molar-refractivity contribution is 7.80. The molecule has 140 valence electrons. The fourth-order valence-corrected chi connectivity index (χ4v) is 3.47. The van der Waals surface area contributed by atoms with Gasteiger partial charge in [0.2, 0.25) is 5.91 Å². The third kappa shape index (κ3) is 4.31. The van der Waals surface area contributed by atoms with E-state index in [1.54, 1.807) is 29.2 Å². The zero-order chi connectivity index (χ0) is 19.4. The van der Waals surface area contributed by atoms with E-state index in [0.29, 0.717) is 23.9 Å². The Morgan fingerprint density at radius 2 is 1.81 bits per heavy atom. The van der Waals surface area contributed by atoms with Crippen molar-refractivity contribution in [3.05, 3.63) is 66.0 Å². The molecule has 0 bridgehead atoms. The van der Waals surface area contributed by atoms with Gasteiger partial charge in [-0.15, -0.1) is 0 Å². The van der Waals surface area contributed by atoms with Gasteiger partial charge in [-0.1, -0.05) is 30.3 Å². The lowest BCUT2D eigenvalue weighted by Crippen LogP contribution is -2.37. The summed E-state index contributed by atoms with van der Waals surface area (Å²) in [6.07, 6.45) is -0.00837. The van der Waals surface area contributed by atoms with Crippen LogP contribution in [0.3, 0.4) is 0 Å². The lowest BCUT2D eigenvalue weighted by molar-refractivity contribution is -0.130. The Morgan fingerprint density at radius 3 is 2.44 bits per heavy atom. The van der Waals surface area contributed by atoms with Crippen molar-refractivity contribution in [2.75, 3.05) is 11.9 Å². The standard InChI is InChI=1S/C20H20FN3O2S/c1-2-23-19(26)17(12-18(25)22-16-6-4-3-5-7-16)24(20(23)27)13-14-8-10-15(21)11-9-14/h3-11,17H,2,12-13H2,1H3,(H,22,25). The monoisotopic (exact) mass is 385 g/mol. The zero-order valence-electron chi connectivity index (χ0n) is 14.9. The number of hydrogen-bond acceptors (Lipinski definition) is 3. The molecule has 2 amide bonds.